The number of allylic oxidation sites excluding steroid dienone is 1. The molecule has 1 unspecified atom stereocenters. The van der Waals surface area contributed by atoms with Crippen LogP contribution in [0.4, 0.5) is 0 Å². The number of hydrogen-bond acceptors (Lipinski definition) is 2. The Morgan fingerprint density at radius 1 is 1.00 bits per heavy atom. The van der Waals surface area contributed by atoms with Crippen molar-refractivity contribution in [2.75, 3.05) is 0 Å². The van der Waals surface area contributed by atoms with E-state index in [9.17, 15) is 4.79 Å². The minimum Gasteiger partial charge on any atom is -0.462 e. The van der Waals surface area contributed by atoms with Crippen LogP contribution >= 0.6 is 0 Å². The summed E-state index contributed by atoms with van der Waals surface area (Å²) in [5, 5.41) is 0. The van der Waals surface area contributed by atoms with Crippen molar-refractivity contribution in [3.8, 4) is 0 Å². The summed E-state index contributed by atoms with van der Waals surface area (Å²) in [6.07, 6.45) is 16.6. The Balaban J connectivity index is 3.56. The highest BCUT2D eigenvalue weighted by atomic mass is 16.5. The third kappa shape index (κ3) is 13.9. The fourth-order valence-corrected chi connectivity index (χ4v) is 2.48. The van der Waals surface area contributed by atoms with E-state index >= 15 is 0 Å². The highest BCUT2D eigenvalue weighted by molar-refractivity contribution is 5.69. The molecule has 0 rings (SSSR count). The van der Waals surface area contributed by atoms with Gasteiger partial charge in [0.05, 0.1) is 0 Å². The van der Waals surface area contributed by atoms with E-state index in [1.807, 2.05) is 6.08 Å². The molecule has 0 heterocycles. The Morgan fingerprint density at radius 2 is 1.67 bits per heavy atom. The number of hydrogen-bond donors (Lipinski definition) is 0. The molecule has 2 heteroatoms. The van der Waals surface area contributed by atoms with Crippen molar-refractivity contribution >= 4 is 5.97 Å². The fourth-order valence-electron chi connectivity index (χ4n) is 2.48. The molecule has 0 fully saturated rings. The molecule has 0 saturated heterocycles. The summed E-state index contributed by atoms with van der Waals surface area (Å²) in [7, 11) is 0. The van der Waals surface area contributed by atoms with E-state index in [0.717, 1.165) is 38.5 Å². The van der Waals surface area contributed by atoms with Gasteiger partial charge in [0.15, 0.2) is 0 Å². The Hall–Kier alpha value is -0.790. The molecule has 0 aromatic heterocycles. The second-order valence-electron chi connectivity index (χ2n) is 5.96. The highest BCUT2D eigenvalue weighted by Gasteiger charge is 2.11. The van der Waals surface area contributed by atoms with E-state index in [4.69, 9.17) is 4.74 Å². The first-order chi connectivity index (χ1) is 10.2. The first-order valence-electron chi connectivity index (χ1n) is 9.04. The summed E-state index contributed by atoms with van der Waals surface area (Å²) in [6.45, 7) is 8.06. The van der Waals surface area contributed by atoms with Crippen LogP contribution in [0.2, 0.25) is 0 Å². The lowest BCUT2D eigenvalue weighted by Crippen LogP contribution is -2.17. The summed E-state index contributed by atoms with van der Waals surface area (Å²) in [5.41, 5.74) is 0. The van der Waals surface area contributed by atoms with Gasteiger partial charge in [0.1, 0.15) is 6.10 Å². The van der Waals surface area contributed by atoms with Crippen LogP contribution in [-0.4, -0.2) is 12.1 Å². The van der Waals surface area contributed by atoms with E-state index < -0.39 is 0 Å². The van der Waals surface area contributed by atoms with Crippen molar-refractivity contribution < 1.29 is 9.53 Å². The average molecular weight is 296 g/mol. The fraction of sp³-hybridized carbons (Fsp3) is 0.842. The topological polar surface area (TPSA) is 26.3 Å². The number of unbranched alkanes of at least 4 members (excludes halogenated alkanes) is 8. The van der Waals surface area contributed by atoms with Crippen molar-refractivity contribution in [2.45, 2.75) is 103 Å². The molecule has 0 aliphatic heterocycles. The molecule has 0 aliphatic rings. The van der Waals surface area contributed by atoms with E-state index in [2.05, 4.69) is 20.4 Å². The largest absolute Gasteiger partial charge is 0.462 e. The van der Waals surface area contributed by atoms with Crippen molar-refractivity contribution in [1.82, 2.24) is 0 Å². The van der Waals surface area contributed by atoms with Gasteiger partial charge >= 0.3 is 5.97 Å². The maximum absolute atomic E-state index is 11.8. The quantitative estimate of drug-likeness (QED) is 0.204. The molecule has 0 saturated carbocycles. The SMILES string of the molecule is C=CCCCCCC(CC)OC(=O)CCCCCCCC. The number of carbonyl (C=O) groups is 1. The zero-order valence-corrected chi connectivity index (χ0v) is 14.4. The standard InChI is InChI=1S/C19H36O2/c1-4-7-9-11-13-15-17-19(20)21-18(6-3)16-14-12-10-8-5-2/h5,18H,2,4,6-17H2,1,3H3. The van der Waals surface area contributed by atoms with E-state index in [-0.39, 0.29) is 12.1 Å². The molecule has 0 aromatic rings. The van der Waals surface area contributed by atoms with Gasteiger partial charge in [-0.2, -0.15) is 0 Å². The van der Waals surface area contributed by atoms with E-state index in [1.165, 1.54) is 38.5 Å². The van der Waals surface area contributed by atoms with Crippen molar-refractivity contribution in [2.24, 2.45) is 0 Å². The van der Waals surface area contributed by atoms with E-state index in [1.54, 1.807) is 0 Å². The van der Waals surface area contributed by atoms with Crippen molar-refractivity contribution in [3.63, 3.8) is 0 Å². The monoisotopic (exact) mass is 296 g/mol. The van der Waals surface area contributed by atoms with Crippen LogP contribution in [0, 0.1) is 0 Å². The maximum atomic E-state index is 11.8. The van der Waals surface area contributed by atoms with Gasteiger partial charge in [-0.15, -0.1) is 6.58 Å². The van der Waals surface area contributed by atoms with Crippen molar-refractivity contribution in [3.05, 3.63) is 12.7 Å². The molecule has 0 bridgehead atoms. The molecule has 21 heavy (non-hydrogen) atoms. The third-order valence-corrected chi connectivity index (χ3v) is 3.92. The number of esters is 1. The molecule has 0 spiro atoms. The minimum absolute atomic E-state index is 0.00318. The molecular weight excluding hydrogens is 260 g/mol. The average Bonchev–Trinajstić information content (AvgIpc) is 2.49. The van der Waals surface area contributed by atoms with Gasteiger partial charge in [-0.05, 0) is 38.5 Å². The molecule has 2 nitrogen and oxygen atoms in total. The Kier molecular flexibility index (Phi) is 15.0. The van der Waals surface area contributed by atoms with Gasteiger partial charge in [-0.25, -0.2) is 0 Å². The van der Waals surface area contributed by atoms with Gasteiger partial charge < -0.3 is 4.74 Å². The van der Waals surface area contributed by atoms with Crippen LogP contribution in [0.25, 0.3) is 0 Å². The number of rotatable bonds is 15. The van der Waals surface area contributed by atoms with Gasteiger partial charge in [0.2, 0.25) is 0 Å². The summed E-state index contributed by atoms with van der Waals surface area (Å²) < 4.78 is 5.57. The normalized spacial score (nSPS) is 12.1. The van der Waals surface area contributed by atoms with E-state index in [0.29, 0.717) is 6.42 Å². The maximum Gasteiger partial charge on any atom is 0.306 e. The predicted octanol–water partition coefficient (Wildman–Crippen LogP) is 6.20. The van der Waals surface area contributed by atoms with Crippen LogP contribution in [0.5, 0.6) is 0 Å². The first kappa shape index (κ1) is 20.2. The lowest BCUT2D eigenvalue weighted by atomic mass is 10.1. The number of ether oxygens (including phenoxy) is 1. The summed E-state index contributed by atoms with van der Waals surface area (Å²) in [6, 6.07) is 0. The lowest BCUT2D eigenvalue weighted by Gasteiger charge is -2.16. The van der Waals surface area contributed by atoms with Gasteiger partial charge in [-0.3, -0.25) is 4.79 Å². The molecule has 1 atom stereocenters. The van der Waals surface area contributed by atoms with Crippen LogP contribution in [0.3, 0.4) is 0 Å². The van der Waals surface area contributed by atoms with Crippen LogP contribution < -0.4 is 0 Å². The molecule has 0 aromatic carbocycles. The zero-order valence-electron chi connectivity index (χ0n) is 14.4. The molecule has 124 valence electrons. The smallest absolute Gasteiger partial charge is 0.306 e. The van der Waals surface area contributed by atoms with Crippen LogP contribution in [0.15, 0.2) is 12.7 Å². The highest BCUT2D eigenvalue weighted by Crippen LogP contribution is 2.13. The third-order valence-electron chi connectivity index (χ3n) is 3.92. The molecule has 0 N–H and O–H groups in total. The number of carbonyl (C=O) groups excluding carboxylic acids is 1. The van der Waals surface area contributed by atoms with Gasteiger partial charge in [-0.1, -0.05) is 58.4 Å². The molecular formula is C19H36O2. The Morgan fingerprint density at radius 3 is 2.33 bits per heavy atom. The Labute approximate surface area is 132 Å². The lowest BCUT2D eigenvalue weighted by molar-refractivity contribution is -0.149. The minimum atomic E-state index is 0.00318. The molecule has 0 radical (unpaired) electrons. The molecule has 0 aliphatic carbocycles. The zero-order chi connectivity index (χ0) is 15.8. The van der Waals surface area contributed by atoms with Gasteiger partial charge in [0, 0.05) is 6.42 Å². The first-order valence-corrected chi connectivity index (χ1v) is 9.04. The second kappa shape index (κ2) is 15.6. The van der Waals surface area contributed by atoms with Crippen molar-refractivity contribution in [1.29, 1.82) is 0 Å². The Bertz CT molecular complexity index is 248. The predicted molar refractivity (Wildman–Crippen MR) is 91.4 cm³/mol. The van der Waals surface area contributed by atoms with Gasteiger partial charge in [0.25, 0.3) is 0 Å². The summed E-state index contributed by atoms with van der Waals surface area (Å²) in [5.74, 6) is 0.00318. The van der Waals surface area contributed by atoms with Crippen LogP contribution in [-0.2, 0) is 9.53 Å². The molecule has 0 amide bonds. The summed E-state index contributed by atoms with van der Waals surface area (Å²) >= 11 is 0. The van der Waals surface area contributed by atoms with Crippen LogP contribution in [0.1, 0.15) is 97.3 Å². The summed E-state index contributed by atoms with van der Waals surface area (Å²) in [4.78, 5) is 11.8. The second-order valence-corrected chi connectivity index (χ2v) is 5.96.